The van der Waals surface area contributed by atoms with Crippen molar-refractivity contribution in [3.05, 3.63) is 53.1 Å². The predicted molar refractivity (Wildman–Crippen MR) is 117 cm³/mol. The summed E-state index contributed by atoms with van der Waals surface area (Å²) < 4.78 is 5.39. The highest BCUT2D eigenvalue weighted by Gasteiger charge is 2.43. The molecule has 2 atom stereocenters. The number of nitrogens with one attached hydrogen (secondary N) is 1. The fourth-order valence-corrected chi connectivity index (χ4v) is 5.06. The molecule has 3 aliphatic rings. The van der Waals surface area contributed by atoms with Crippen molar-refractivity contribution >= 4 is 11.7 Å². The van der Waals surface area contributed by atoms with Crippen LogP contribution in [0.5, 0.6) is 5.75 Å². The Kier molecular flexibility index (Phi) is 6.68. The summed E-state index contributed by atoms with van der Waals surface area (Å²) in [5, 5.41) is 3.47. The summed E-state index contributed by atoms with van der Waals surface area (Å²) in [5.74, 6) is 1.73. The second kappa shape index (κ2) is 9.61. The summed E-state index contributed by atoms with van der Waals surface area (Å²) in [4.78, 5) is 27.0. The van der Waals surface area contributed by atoms with E-state index in [1.165, 1.54) is 5.56 Å². The molecule has 1 N–H and O–H groups in total. The van der Waals surface area contributed by atoms with Gasteiger partial charge in [0.15, 0.2) is 5.78 Å². The maximum Gasteiger partial charge on any atom is 0.227 e. The number of hydrogen-bond acceptors (Lipinski definition) is 4. The summed E-state index contributed by atoms with van der Waals surface area (Å²) in [7, 11) is 1.70. The zero-order valence-corrected chi connectivity index (χ0v) is 17.9. The Morgan fingerprint density at radius 3 is 2.97 bits per heavy atom. The lowest BCUT2D eigenvalue weighted by atomic mass is 9.80. The predicted octanol–water partition coefficient (Wildman–Crippen LogP) is 3.44. The third-order valence-electron chi connectivity index (χ3n) is 6.56. The monoisotopic (exact) mass is 408 g/mol. The number of rotatable bonds is 10. The van der Waals surface area contributed by atoms with Gasteiger partial charge in [-0.2, -0.15) is 0 Å². The number of ether oxygens (including phenoxy) is 1. The summed E-state index contributed by atoms with van der Waals surface area (Å²) >= 11 is 0. The van der Waals surface area contributed by atoms with Crippen LogP contribution in [0.25, 0.3) is 0 Å². The van der Waals surface area contributed by atoms with Crippen molar-refractivity contribution < 1.29 is 14.3 Å². The van der Waals surface area contributed by atoms with Gasteiger partial charge in [-0.25, -0.2) is 0 Å². The smallest absolute Gasteiger partial charge is 0.227 e. The molecule has 4 rings (SSSR count). The zero-order valence-electron chi connectivity index (χ0n) is 17.9. The van der Waals surface area contributed by atoms with Crippen molar-refractivity contribution in [3.63, 3.8) is 0 Å². The molecule has 0 spiro atoms. The maximum absolute atomic E-state index is 12.7. The number of methoxy groups -OCH3 is 1. The lowest BCUT2D eigenvalue weighted by molar-refractivity contribution is -0.130. The second-order valence-corrected chi connectivity index (χ2v) is 8.55. The Morgan fingerprint density at radius 2 is 2.10 bits per heavy atom. The number of amides is 1. The van der Waals surface area contributed by atoms with Crippen molar-refractivity contribution in [1.82, 2.24) is 10.2 Å². The molecule has 0 aromatic heterocycles. The molecule has 2 heterocycles. The number of allylic oxidation sites excluding steroid dienone is 2. The normalized spacial score (nSPS) is 22.4. The molecule has 5 heteroatoms. The van der Waals surface area contributed by atoms with Gasteiger partial charge in [0.2, 0.25) is 5.91 Å². The quantitative estimate of drug-likeness (QED) is 0.603. The van der Waals surface area contributed by atoms with E-state index in [9.17, 15) is 9.59 Å². The van der Waals surface area contributed by atoms with Gasteiger partial charge in [-0.3, -0.25) is 9.59 Å². The van der Waals surface area contributed by atoms with Crippen LogP contribution in [0.15, 0.2) is 47.6 Å². The highest BCUT2D eigenvalue weighted by molar-refractivity contribution is 5.99. The zero-order chi connectivity index (χ0) is 20.9. The largest absolute Gasteiger partial charge is 0.496 e. The minimum Gasteiger partial charge on any atom is -0.496 e. The average molecular weight is 409 g/mol. The van der Waals surface area contributed by atoms with E-state index < -0.39 is 0 Å². The standard InChI is InChI=1S/C25H32N2O3/c1-30-23-10-3-2-7-18(23)11-13-26-12-5-4-9-22(28)20-15-19-8-6-14-27-24(29)17-21(16-20)25(19)27/h2-3,7,10,15-16,19,25-26H,4-6,8-9,11-14,17H2,1H3. The van der Waals surface area contributed by atoms with Gasteiger partial charge in [0.05, 0.1) is 19.6 Å². The summed E-state index contributed by atoms with van der Waals surface area (Å²) in [6, 6.07) is 8.34. The van der Waals surface area contributed by atoms with E-state index in [4.69, 9.17) is 4.74 Å². The van der Waals surface area contributed by atoms with Crippen LogP contribution < -0.4 is 10.1 Å². The van der Waals surface area contributed by atoms with Crippen molar-refractivity contribution in [2.75, 3.05) is 26.7 Å². The topological polar surface area (TPSA) is 58.6 Å². The van der Waals surface area contributed by atoms with E-state index >= 15 is 0 Å². The molecule has 0 radical (unpaired) electrons. The Morgan fingerprint density at radius 1 is 1.23 bits per heavy atom. The van der Waals surface area contributed by atoms with Gasteiger partial charge in [-0.1, -0.05) is 24.3 Å². The Bertz CT molecular complexity index is 858. The number of benzene rings is 1. The molecular formula is C25H32N2O3. The highest BCUT2D eigenvalue weighted by Crippen LogP contribution is 2.40. The van der Waals surface area contributed by atoms with Gasteiger partial charge in [0, 0.05) is 24.5 Å². The first-order valence-corrected chi connectivity index (χ1v) is 11.2. The van der Waals surface area contributed by atoms with Crippen molar-refractivity contribution in [1.29, 1.82) is 0 Å². The Labute approximate surface area is 179 Å². The second-order valence-electron chi connectivity index (χ2n) is 8.55. The minimum absolute atomic E-state index is 0.228. The van der Waals surface area contributed by atoms with Crippen molar-refractivity contribution in [2.45, 2.75) is 51.0 Å². The number of para-hydroxylation sites is 1. The molecule has 2 fully saturated rings. The van der Waals surface area contributed by atoms with Crippen molar-refractivity contribution in [2.24, 2.45) is 5.92 Å². The highest BCUT2D eigenvalue weighted by atomic mass is 16.5. The number of piperidine rings is 1. The molecule has 1 aliphatic carbocycles. The molecule has 0 bridgehead atoms. The van der Waals surface area contributed by atoms with Gasteiger partial charge in [-0.15, -0.1) is 0 Å². The Hall–Kier alpha value is -2.40. The molecule has 0 saturated carbocycles. The number of nitrogens with zero attached hydrogens (tertiary/aromatic N) is 1. The molecule has 160 valence electrons. The van der Waals surface area contributed by atoms with E-state index in [-0.39, 0.29) is 17.7 Å². The van der Waals surface area contributed by atoms with Gasteiger partial charge in [-0.05, 0) is 68.5 Å². The third-order valence-corrected chi connectivity index (χ3v) is 6.56. The molecular weight excluding hydrogens is 376 g/mol. The lowest BCUT2D eigenvalue weighted by Crippen LogP contribution is -2.43. The van der Waals surface area contributed by atoms with Crippen molar-refractivity contribution in [3.8, 4) is 5.75 Å². The minimum atomic E-state index is 0.228. The van der Waals surface area contributed by atoms with Crippen LogP contribution in [0.1, 0.15) is 44.1 Å². The first kappa shape index (κ1) is 20.9. The van der Waals surface area contributed by atoms with E-state index in [0.717, 1.165) is 68.6 Å². The molecule has 30 heavy (non-hydrogen) atoms. The molecule has 2 saturated heterocycles. The number of hydrogen-bond donors (Lipinski definition) is 1. The van der Waals surface area contributed by atoms with Crippen LogP contribution in [-0.2, 0) is 16.0 Å². The molecule has 5 nitrogen and oxygen atoms in total. The summed E-state index contributed by atoms with van der Waals surface area (Å²) in [5.41, 5.74) is 3.21. The number of ketones is 1. The fourth-order valence-electron chi connectivity index (χ4n) is 5.06. The number of Topliss-reactive ketones (excluding diaryl/α,β-unsaturated/α-hetero) is 1. The molecule has 2 unspecified atom stereocenters. The van der Waals surface area contributed by atoms with Crippen LogP contribution in [0, 0.1) is 5.92 Å². The molecule has 2 aliphatic heterocycles. The van der Waals surface area contributed by atoms with E-state index in [2.05, 4.69) is 17.5 Å². The average Bonchev–Trinajstić information content (AvgIpc) is 3.10. The van der Waals surface area contributed by atoms with Crippen LogP contribution in [-0.4, -0.2) is 49.4 Å². The van der Waals surface area contributed by atoms with Crippen LogP contribution in [0.3, 0.4) is 0 Å². The van der Waals surface area contributed by atoms with Crippen LogP contribution >= 0.6 is 0 Å². The molecule has 1 amide bonds. The first-order chi connectivity index (χ1) is 14.7. The number of carbonyl (C=O) groups is 2. The van der Waals surface area contributed by atoms with Crippen LogP contribution in [0.2, 0.25) is 0 Å². The number of unbranched alkanes of at least 4 members (excludes halogenated alkanes) is 1. The third kappa shape index (κ3) is 4.51. The fraction of sp³-hybridized carbons (Fsp3) is 0.520. The van der Waals surface area contributed by atoms with E-state index in [1.807, 2.05) is 29.2 Å². The van der Waals surface area contributed by atoms with E-state index in [1.54, 1.807) is 7.11 Å². The summed E-state index contributed by atoms with van der Waals surface area (Å²) in [6.45, 7) is 2.69. The van der Waals surface area contributed by atoms with Gasteiger partial charge in [0.25, 0.3) is 0 Å². The lowest BCUT2D eigenvalue weighted by Gasteiger charge is -2.37. The van der Waals surface area contributed by atoms with Gasteiger partial charge in [0.1, 0.15) is 5.75 Å². The molecule has 1 aromatic rings. The van der Waals surface area contributed by atoms with Crippen LogP contribution in [0.4, 0.5) is 0 Å². The van der Waals surface area contributed by atoms with Gasteiger partial charge < -0.3 is 15.0 Å². The maximum atomic E-state index is 12.7. The van der Waals surface area contributed by atoms with Gasteiger partial charge >= 0.3 is 0 Å². The number of carbonyl (C=O) groups excluding carboxylic acids is 2. The molecule has 1 aromatic carbocycles. The Balaban J connectivity index is 1.18. The SMILES string of the molecule is COc1ccccc1CCNCCCCC(=O)C1=CC2CCCN3C(=O)CC(=C1)C23. The summed E-state index contributed by atoms with van der Waals surface area (Å²) in [6.07, 6.45) is 10.2. The first-order valence-electron chi connectivity index (χ1n) is 11.2. The van der Waals surface area contributed by atoms with E-state index in [0.29, 0.717) is 18.8 Å².